The van der Waals surface area contributed by atoms with Crippen LogP contribution in [0.4, 0.5) is 0 Å². The van der Waals surface area contributed by atoms with Gasteiger partial charge in [-0.25, -0.2) is 9.78 Å². The fraction of sp³-hybridized carbons (Fsp3) is 0.227. The minimum absolute atomic E-state index is 0.186. The number of nitrogens with one attached hydrogen (secondary N) is 1. The number of hydrogen-bond donors (Lipinski definition) is 1. The van der Waals surface area contributed by atoms with Crippen molar-refractivity contribution in [3.63, 3.8) is 0 Å². The molecule has 0 saturated carbocycles. The fourth-order valence-corrected chi connectivity index (χ4v) is 3.31. The van der Waals surface area contributed by atoms with Crippen LogP contribution in [0.25, 0.3) is 10.9 Å². The Morgan fingerprint density at radius 2 is 1.73 bits per heavy atom. The molecular formula is C22H19N3O5. The van der Waals surface area contributed by atoms with E-state index in [1.54, 1.807) is 55.5 Å². The van der Waals surface area contributed by atoms with E-state index < -0.39 is 12.1 Å². The Hall–Kier alpha value is -3.81. The third-order valence-corrected chi connectivity index (χ3v) is 4.99. The molecule has 1 aliphatic rings. The second-order valence-electron chi connectivity index (χ2n) is 7.09. The molecule has 152 valence electrons. The second-order valence-corrected chi connectivity index (χ2v) is 7.09. The Morgan fingerprint density at radius 1 is 1.07 bits per heavy atom. The summed E-state index contributed by atoms with van der Waals surface area (Å²) in [6.07, 6.45) is -0.271. The lowest BCUT2D eigenvalue weighted by Crippen LogP contribution is -2.28. The first-order valence-corrected chi connectivity index (χ1v) is 9.54. The van der Waals surface area contributed by atoms with Crippen LogP contribution in [0.2, 0.25) is 0 Å². The Balaban J connectivity index is 1.45. The third kappa shape index (κ3) is 3.84. The molecular weight excluding hydrogens is 386 g/mol. The van der Waals surface area contributed by atoms with Crippen molar-refractivity contribution in [2.24, 2.45) is 0 Å². The number of para-hydroxylation sites is 1. The van der Waals surface area contributed by atoms with Crippen LogP contribution in [-0.2, 0) is 20.9 Å². The summed E-state index contributed by atoms with van der Waals surface area (Å²) in [6.45, 7) is 1.82. The van der Waals surface area contributed by atoms with Crippen molar-refractivity contribution in [2.75, 3.05) is 0 Å². The van der Waals surface area contributed by atoms with Gasteiger partial charge in [0, 0.05) is 12.8 Å². The van der Waals surface area contributed by atoms with E-state index in [1.807, 2.05) is 0 Å². The van der Waals surface area contributed by atoms with Crippen LogP contribution in [0.5, 0.6) is 0 Å². The van der Waals surface area contributed by atoms with Crippen molar-refractivity contribution in [3.8, 4) is 0 Å². The summed E-state index contributed by atoms with van der Waals surface area (Å²) < 4.78 is 5.44. The number of H-pyrrole nitrogens is 1. The zero-order valence-corrected chi connectivity index (χ0v) is 16.3. The molecule has 2 amide bonds. The summed E-state index contributed by atoms with van der Waals surface area (Å²) in [7, 11) is 0. The quantitative estimate of drug-likeness (QED) is 0.516. The van der Waals surface area contributed by atoms with Gasteiger partial charge in [0.1, 0.15) is 0 Å². The van der Waals surface area contributed by atoms with Crippen molar-refractivity contribution in [1.29, 1.82) is 0 Å². The molecule has 0 spiro atoms. The molecule has 4 rings (SSSR count). The first-order valence-electron chi connectivity index (χ1n) is 9.54. The summed E-state index contributed by atoms with van der Waals surface area (Å²) in [5.74, 6) is -0.684. The number of benzene rings is 2. The average Bonchev–Trinajstić information content (AvgIpc) is 3.06. The molecule has 30 heavy (non-hydrogen) atoms. The number of amides is 2. The molecule has 2 heterocycles. The highest BCUT2D eigenvalue weighted by molar-refractivity contribution is 6.01. The summed E-state index contributed by atoms with van der Waals surface area (Å²) in [6, 6.07) is 13.4. The smallest absolute Gasteiger partial charge is 0.338 e. The topological polar surface area (TPSA) is 109 Å². The molecule has 0 aliphatic carbocycles. The number of carbonyl (C=O) groups is 3. The fourth-order valence-electron chi connectivity index (χ4n) is 3.31. The lowest BCUT2D eigenvalue weighted by molar-refractivity contribution is -0.139. The normalized spacial score (nSPS) is 14.9. The Kier molecular flexibility index (Phi) is 5.14. The lowest BCUT2D eigenvalue weighted by Gasteiger charge is -2.15. The average molecular weight is 405 g/mol. The van der Waals surface area contributed by atoms with Crippen molar-refractivity contribution in [2.45, 2.75) is 32.4 Å². The Bertz CT molecular complexity index is 1180. The lowest BCUT2D eigenvalue weighted by atomic mass is 10.1. The minimum atomic E-state index is -0.755. The number of imide groups is 1. The number of aromatic nitrogens is 2. The van der Waals surface area contributed by atoms with Gasteiger partial charge in [0.15, 0.2) is 11.9 Å². The molecule has 8 heteroatoms. The number of rotatable bonds is 5. The summed E-state index contributed by atoms with van der Waals surface area (Å²) in [4.78, 5) is 56.4. The number of hydrogen-bond acceptors (Lipinski definition) is 6. The summed E-state index contributed by atoms with van der Waals surface area (Å²) in [5.41, 5.74) is 1.28. The van der Waals surface area contributed by atoms with Crippen LogP contribution < -0.4 is 5.56 Å². The first-order chi connectivity index (χ1) is 14.4. The van der Waals surface area contributed by atoms with Gasteiger partial charge in [-0.2, -0.15) is 0 Å². The van der Waals surface area contributed by atoms with Gasteiger partial charge < -0.3 is 9.72 Å². The van der Waals surface area contributed by atoms with Gasteiger partial charge >= 0.3 is 5.97 Å². The maximum Gasteiger partial charge on any atom is 0.338 e. The van der Waals surface area contributed by atoms with E-state index in [1.165, 1.54) is 4.90 Å². The van der Waals surface area contributed by atoms with Gasteiger partial charge in [-0.15, -0.1) is 0 Å². The van der Waals surface area contributed by atoms with Gasteiger partial charge in [-0.05, 0) is 36.8 Å². The highest BCUT2D eigenvalue weighted by atomic mass is 16.5. The predicted octanol–water partition coefficient (Wildman–Crippen LogP) is 2.49. The minimum Gasteiger partial charge on any atom is -0.451 e. The molecule has 1 atom stereocenters. The van der Waals surface area contributed by atoms with E-state index in [4.69, 9.17) is 4.74 Å². The van der Waals surface area contributed by atoms with Gasteiger partial charge in [-0.1, -0.05) is 24.3 Å². The molecule has 0 radical (unpaired) electrons. The number of aromatic amines is 1. The van der Waals surface area contributed by atoms with E-state index in [2.05, 4.69) is 9.97 Å². The SMILES string of the molecule is CC(OC(=O)c1ccc(CN2C(=O)CCC2=O)cc1)c1nc2ccccc2c(=O)[nH]1. The molecule has 2 aromatic carbocycles. The number of esters is 1. The van der Waals surface area contributed by atoms with Crippen molar-refractivity contribution in [1.82, 2.24) is 14.9 Å². The number of ether oxygens (including phenoxy) is 1. The highest BCUT2D eigenvalue weighted by Crippen LogP contribution is 2.19. The van der Waals surface area contributed by atoms with Gasteiger partial charge in [0.05, 0.1) is 23.0 Å². The van der Waals surface area contributed by atoms with Crippen LogP contribution in [0, 0.1) is 0 Å². The monoisotopic (exact) mass is 405 g/mol. The molecule has 1 aliphatic heterocycles. The van der Waals surface area contributed by atoms with Crippen LogP contribution in [0.15, 0.2) is 53.3 Å². The maximum atomic E-state index is 12.5. The molecule has 0 bridgehead atoms. The molecule has 1 fully saturated rings. The number of carbonyl (C=O) groups excluding carboxylic acids is 3. The number of likely N-dealkylation sites (tertiary alicyclic amines) is 1. The van der Waals surface area contributed by atoms with Crippen molar-refractivity contribution in [3.05, 3.63) is 75.8 Å². The molecule has 1 unspecified atom stereocenters. The zero-order valence-electron chi connectivity index (χ0n) is 16.3. The van der Waals surface area contributed by atoms with Crippen molar-refractivity contribution < 1.29 is 19.1 Å². The highest BCUT2D eigenvalue weighted by Gasteiger charge is 2.28. The summed E-state index contributed by atoms with van der Waals surface area (Å²) >= 11 is 0. The van der Waals surface area contributed by atoms with E-state index in [9.17, 15) is 19.2 Å². The largest absolute Gasteiger partial charge is 0.451 e. The van der Waals surface area contributed by atoms with E-state index in [0.29, 0.717) is 16.5 Å². The predicted molar refractivity (Wildman–Crippen MR) is 107 cm³/mol. The first kappa shape index (κ1) is 19.5. The molecule has 1 saturated heterocycles. The van der Waals surface area contributed by atoms with Crippen LogP contribution in [0.1, 0.15) is 47.6 Å². The van der Waals surface area contributed by atoms with Gasteiger partial charge in [0.2, 0.25) is 11.8 Å². The zero-order chi connectivity index (χ0) is 21.3. The van der Waals surface area contributed by atoms with Crippen LogP contribution >= 0.6 is 0 Å². The van der Waals surface area contributed by atoms with E-state index >= 15 is 0 Å². The Morgan fingerprint density at radius 3 is 2.43 bits per heavy atom. The third-order valence-electron chi connectivity index (χ3n) is 4.99. The maximum absolute atomic E-state index is 12.5. The van der Waals surface area contributed by atoms with Crippen LogP contribution in [0.3, 0.4) is 0 Å². The standard InChI is InChI=1S/C22H19N3O5/c1-13(20-23-17-5-3-2-4-16(17)21(28)24-20)30-22(29)15-8-6-14(7-9-15)12-25-18(26)10-11-19(25)27/h2-9,13H,10-12H2,1H3,(H,23,24,28). The van der Waals surface area contributed by atoms with E-state index in [-0.39, 0.29) is 42.6 Å². The van der Waals surface area contributed by atoms with Crippen LogP contribution in [-0.4, -0.2) is 32.7 Å². The molecule has 3 aromatic rings. The molecule has 1 aromatic heterocycles. The summed E-state index contributed by atoms with van der Waals surface area (Å²) in [5, 5.41) is 0.463. The number of fused-ring (bicyclic) bond motifs is 1. The Labute approximate surface area is 171 Å². The van der Waals surface area contributed by atoms with Crippen molar-refractivity contribution >= 4 is 28.7 Å². The number of nitrogens with zero attached hydrogens (tertiary/aromatic N) is 2. The van der Waals surface area contributed by atoms with E-state index in [0.717, 1.165) is 5.56 Å². The van der Waals surface area contributed by atoms with Gasteiger partial charge in [0.25, 0.3) is 5.56 Å². The second kappa shape index (κ2) is 7.90. The molecule has 8 nitrogen and oxygen atoms in total. The van der Waals surface area contributed by atoms with Gasteiger partial charge in [-0.3, -0.25) is 19.3 Å². The molecule has 1 N–H and O–H groups in total.